The maximum atomic E-state index is 15.4. The number of hydrogen-bond acceptors (Lipinski definition) is 5. The molecule has 0 atom stereocenters. The molecule has 33 heavy (non-hydrogen) atoms. The van der Waals surface area contributed by atoms with E-state index in [-0.39, 0.29) is 35.3 Å². The highest BCUT2D eigenvalue weighted by Gasteiger charge is 2.50. The average Bonchev–Trinajstić information content (AvgIpc) is 3.08. The molecule has 0 saturated carbocycles. The summed E-state index contributed by atoms with van der Waals surface area (Å²) in [6.07, 6.45) is 0.898. The van der Waals surface area contributed by atoms with Crippen molar-refractivity contribution in [3.63, 3.8) is 0 Å². The number of benzene rings is 2. The highest BCUT2D eigenvalue weighted by Crippen LogP contribution is 2.56. The molecule has 0 unspecified atom stereocenters. The standard InChI is InChI=1S/C24H27F2N3O4/c1-23(2,3)22(30)27-11-9-24(10-12-27)14-28(17-7-5-6-8-18(17)29(31)32)20-19(24)15(25)13-16(26)21(20)33-4/h5-8,13H,9-12,14H2,1-4H3. The molecule has 0 aromatic heterocycles. The molecule has 7 nitrogen and oxygen atoms in total. The maximum absolute atomic E-state index is 15.4. The van der Waals surface area contributed by atoms with Crippen LogP contribution >= 0.6 is 0 Å². The predicted octanol–water partition coefficient (Wildman–Crippen LogP) is 4.94. The van der Waals surface area contributed by atoms with Gasteiger partial charge in [-0.15, -0.1) is 0 Å². The van der Waals surface area contributed by atoms with E-state index in [1.165, 1.54) is 13.2 Å². The van der Waals surface area contributed by atoms with Crippen LogP contribution in [0.4, 0.5) is 25.8 Å². The Morgan fingerprint density at radius 1 is 1.15 bits per heavy atom. The summed E-state index contributed by atoms with van der Waals surface area (Å²) >= 11 is 0. The van der Waals surface area contributed by atoms with Gasteiger partial charge in [-0.3, -0.25) is 14.9 Å². The van der Waals surface area contributed by atoms with E-state index in [0.717, 1.165) is 6.07 Å². The van der Waals surface area contributed by atoms with E-state index >= 15 is 4.39 Å². The van der Waals surface area contributed by atoms with Crippen LogP contribution in [0.3, 0.4) is 0 Å². The van der Waals surface area contributed by atoms with Crippen molar-refractivity contribution >= 4 is 23.0 Å². The van der Waals surface area contributed by atoms with Gasteiger partial charge in [0.25, 0.3) is 5.69 Å². The van der Waals surface area contributed by atoms with Crippen LogP contribution in [0.2, 0.25) is 0 Å². The van der Waals surface area contributed by atoms with Crippen LogP contribution in [-0.4, -0.2) is 42.5 Å². The van der Waals surface area contributed by atoms with Crippen molar-refractivity contribution < 1.29 is 23.2 Å². The first kappa shape index (κ1) is 22.9. The minimum absolute atomic E-state index is 0.0169. The largest absolute Gasteiger partial charge is 0.492 e. The summed E-state index contributed by atoms with van der Waals surface area (Å²) in [5.74, 6) is -1.70. The molecule has 0 aliphatic carbocycles. The molecule has 176 valence electrons. The monoisotopic (exact) mass is 459 g/mol. The van der Waals surface area contributed by atoms with Gasteiger partial charge in [0, 0.05) is 48.2 Å². The van der Waals surface area contributed by atoms with Crippen LogP contribution in [0.5, 0.6) is 5.75 Å². The maximum Gasteiger partial charge on any atom is 0.292 e. The van der Waals surface area contributed by atoms with Crippen molar-refractivity contribution in [3.05, 3.63) is 57.6 Å². The molecule has 4 rings (SSSR count). The minimum Gasteiger partial charge on any atom is -0.492 e. The predicted molar refractivity (Wildman–Crippen MR) is 120 cm³/mol. The van der Waals surface area contributed by atoms with Gasteiger partial charge in [0.2, 0.25) is 5.91 Å². The number of amides is 1. The number of fused-ring (bicyclic) bond motifs is 2. The number of carbonyl (C=O) groups is 1. The summed E-state index contributed by atoms with van der Waals surface area (Å²) < 4.78 is 35.4. The molecule has 1 fully saturated rings. The number of anilines is 2. The van der Waals surface area contributed by atoms with Gasteiger partial charge in [-0.05, 0) is 18.9 Å². The van der Waals surface area contributed by atoms with Gasteiger partial charge in [-0.25, -0.2) is 8.78 Å². The number of carbonyl (C=O) groups excluding carboxylic acids is 1. The molecule has 1 spiro atoms. The highest BCUT2D eigenvalue weighted by molar-refractivity contribution is 5.84. The summed E-state index contributed by atoms with van der Waals surface area (Å²) in [5.41, 5.74) is -0.711. The third-order valence-electron chi connectivity index (χ3n) is 6.64. The van der Waals surface area contributed by atoms with Crippen molar-refractivity contribution in [2.75, 3.05) is 31.6 Å². The quantitative estimate of drug-likeness (QED) is 0.480. The van der Waals surface area contributed by atoms with E-state index in [1.54, 1.807) is 28.0 Å². The molecule has 2 aliphatic heterocycles. The van der Waals surface area contributed by atoms with Crippen LogP contribution in [0, 0.1) is 27.2 Å². The molecule has 9 heteroatoms. The number of nitrogens with zero attached hydrogens (tertiary/aromatic N) is 3. The number of ether oxygens (including phenoxy) is 1. The lowest BCUT2D eigenvalue weighted by atomic mass is 9.73. The minimum atomic E-state index is -0.866. The zero-order valence-electron chi connectivity index (χ0n) is 19.2. The van der Waals surface area contributed by atoms with E-state index < -0.39 is 27.4 Å². The Kier molecular flexibility index (Phi) is 5.54. The van der Waals surface area contributed by atoms with Gasteiger partial charge in [-0.2, -0.15) is 0 Å². The molecule has 0 N–H and O–H groups in total. The number of hydrogen-bond donors (Lipinski definition) is 0. The summed E-state index contributed by atoms with van der Waals surface area (Å²) in [6, 6.07) is 6.96. The number of halogens is 2. The average molecular weight is 459 g/mol. The lowest BCUT2D eigenvalue weighted by Gasteiger charge is -2.41. The van der Waals surface area contributed by atoms with E-state index in [1.807, 2.05) is 20.8 Å². The first-order valence-corrected chi connectivity index (χ1v) is 10.9. The van der Waals surface area contributed by atoms with Crippen LogP contribution in [-0.2, 0) is 10.2 Å². The molecule has 2 aromatic rings. The molecule has 1 amide bonds. The number of nitro groups is 1. The second-order valence-electron chi connectivity index (χ2n) is 9.75. The van der Waals surface area contributed by atoms with E-state index in [0.29, 0.717) is 31.5 Å². The summed E-state index contributed by atoms with van der Waals surface area (Å²) in [6.45, 7) is 6.62. The molecular formula is C24H27F2N3O4. The molecule has 1 saturated heterocycles. The normalized spacial score (nSPS) is 17.3. The van der Waals surface area contributed by atoms with Crippen LogP contribution in [0.25, 0.3) is 0 Å². The number of nitro benzene ring substituents is 1. The summed E-state index contributed by atoms with van der Waals surface area (Å²) in [7, 11) is 1.30. The van der Waals surface area contributed by atoms with E-state index in [9.17, 15) is 19.3 Å². The van der Waals surface area contributed by atoms with Crippen molar-refractivity contribution in [3.8, 4) is 5.75 Å². The van der Waals surface area contributed by atoms with Crippen LogP contribution in [0.1, 0.15) is 39.2 Å². The number of methoxy groups -OCH3 is 1. The van der Waals surface area contributed by atoms with Crippen molar-refractivity contribution in [1.82, 2.24) is 4.90 Å². The molecule has 0 radical (unpaired) electrons. The zero-order valence-corrected chi connectivity index (χ0v) is 19.2. The number of piperidine rings is 1. The Labute approximate surface area is 191 Å². The van der Waals surface area contributed by atoms with Gasteiger partial charge in [0.05, 0.1) is 17.7 Å². The number of likely N-dealkylation sites (tertiary alicyclic amines) is 1. The van der Waals surface area contributed by atoms with Crippen LogP contribution in [0.15, 0.2) is 30.3 Å². The number of rotatable bonds is 3. The highest BCUT2D eigenvalue weighted by atomic mass is 19.1. The molecule has 2 heterocycles. The smallest absolute Gasteiger partial charge is 0.292 e. The zero-order chi connectivity index (χ0) is 24.1. The first-order chi connectivity index (χ1) is 15.5. The van der Waals surface area contributed by atoms with E-state index in [4.69, 9.17) is 4.74 Å². The van der Waals surface area contributed by atoms with Gasteiger partial charge < -0.3 is 14.5 Å². The number of para-hydroxylation sites is 2. The fourth-order valence-corrected chi connectivity index (χ4v) is 5.08. The second-order valence-corrected chi connectivity index (χ2v) is 9.75. The fourth-order valence-electron chi connectivity index (χ4n) is 5.08. The Morgan fingerprint density at radius 3 is 2.36 bits per heavy atom. The third-order valence-corrected chi connectivity index (χ3v) is 6.64. The topological polar surface area (TPSA) is 75.9 Å². The SMILES string of the molecule is COc1c(F)cc(F)c2c1N(c1ccccc1[N+](=O)[O-])CC21CCN(C(=O)C(C)(C)C)CC1. The van der Waals surface area contributed by atoms with Crippen molar-refractivity contribution in [1.29, 1.82) is 0 Å². The molecule has 0 bridgehead atoms. The van der Waals surface area contributed by atoms with Gasteiger partial charge in [-0.1, -0.05) is 32.9 Å². The van der Waals surface area contributed by atoms with Gasteiger partial charge in [0.1, 0.15) is 11.5 Å². The lowest BCUT2D eigenvalue weighted by molar-refractivity contribution is -0.384. The van der Waals surface area contributed by atoms with Crippen molar-refractivity contribution in [2.24, 2.45) is 5.41 Å². The van der Waals surface area contributed by atoms with E-state index in [2.05, 4.69) is 0 Å². The molecule has 2 aliphatic rings. The Bertz CT molecular complexity index is 1120. The van der Waals surface area contributed by atoms with Gasteiger partial charge in [0.15, 0.2) is 11.6 Å². The molecule has 2 aromatic carbocycles. The second kappa shape index (κ2) is 7.97. The summed E-state index contributed by atoms with van der Waals surface area (Å²) in [4.78, 5) is 27.4. The lowest BCUT2D eigenvalue weighted by Crippen LogP contribution is -2.49. The molecular weight excluding hydrogens is 432 g/mol. The van der Waals surface area contributed by atoms with Crippen molar-refractivity contribution in [2.45, 2.75) is 39.0 Å². The fraction of sp³-hybridized carbons (Fsp3) is 0.458. The van der Waals surface area contributed by atoms with Gasteiger partial charge >= 0.3 is 0 Å². The Balaban J connectivity index is 1.83. The third kappa shape index (κ3) is 3.69. The first-order valence-electron chi connectivity index (χ1n) is 10.9. The Morgan fingerprint density at radius 2 is 1.79 bits per heavy atom. The summed E-state index contributed by atoms with van der Waals surface area (Å²) in [5, 5.41) is 11.7. The Hall–Kier alpha value is -3.23. The van der Waals surface area contributed by atoms with Crippen LogP contribution < -0.4 is 9.64 Å².